The molecule has 0 heterocycles. The molecule has 96 valence electrons. The van der Waals surface area contributed by atoms with Crippen molar-refractivity contribution >= 4 is 11.9 Å². The van der Waals surface area contributed by atoms with Gasteiger partial charge in [0.15, 0.2) is 0 Å². The molecule has 0 radical (unpaired) electrons. The molecule has 0 saturated heterocycles. The van der Waals surface area contributed by atoms with E-state index in [1.165, 1.54) is 24.3 Å². The molecule has 18 heavy (non-hydrogen) atoms. The van der Waals surface area contributed by atoms with Crippen molar-refractivity contribution in [2.24, 2.45) is 5.92 Å². The molecule has 1 saturated carbocycles. The van der Waals surface area contributed by atoms with Gasteiger partial charge in [-0.1, -0.05) is 0 Å². The first-order valence-corrected chi connectivity index (χ1v) is 5.85. The highest BCUT2D eigenvalue weighted by molar-refractivity contribution is 5.94. The molecule has 1 amide bonds. The maximum atomic E-state index is 12.7. The lowest BCUT2D eigenvalue weighted by molar-refractivity contribution is -0.141. The maximum Gasteiger partial charge on any atom is 0.306 e. The van der Waals surface area contributed by atoms with Crippen LogP contribution in [0.5, 0.6) is 0 Å². The van der Waals surface area contributed by atoms with Crippen LogP contribution < -0.4 is 5.32 Å². The van der Waals surface area contributed by atoms with Crippen molar-refractivity contribution in [1.29, 1.82) is 0 Å². The van der Waals surface area contributed by atoms with Gasteiger partial charge in [0.05, 0.1) is 5.92 Å². The number of benzene rings is 1. The second-order valence-electron chi connectivity index (χ2n) is 4.53. The quantitative estimate of drug-likeness (QED) is 0.861. The smallest absolute Gasteiger partial charge is 0.306 e. The van der Waals surface area contributed by atoms with Gasteiger partial charge in [-0.05, 0) is 43.5 Å². The molecule has 2 rings (SSSR count). The zero-order valence-corrected chi connectivity index (χ0v) is 9.73. The molecule has 5 heteroatoms. The molecule has 0 aliphatic heterocycles. The van der Waals surface area contributed by atoms with Crippen LogP contribution in [-0.2, 0) is 4.79 Å². The van der Waals surface area contributed by atoms with Crippen LogP contribution in [0, 0.1) is 11.7 Å². The van der Waals surface area contributed by atoms with E-state index in [0.717, 1.165) is 0 Å². The Labute approximate surface area is 104 Å². The molecule has 1 aliphatic rings. The summed E-state index contributed by atoms with van der Waals surface area (Å²) >= 11 is 0. The van der Waals surface area contributed by atoms with E-state index in [9.17, 15) is 14.0 Å². The van der Waals surface area contributed by atoms with Gasteiger partial charge < -0.3 is 10.4 Å². The van der Waals surface area contributed by atoms with E-state index in [1.807, 2.05) is 0 Å². The third-order valence-electron chi connectivity index (χ3n) is 3.22. The van der Waals surface area contributed by atoms with Gasteiger partial charge in [0.1, 0.15) is 5.82 Å². The fraction of sp³-hybridized carbons (Fsp3) is 0.385. The maximum absolute atomic E-state index is 12.7. The Balaban J connectivity index is 1.92. The van der Waals surface area contributed by atoms with Crippen LogP contribution in [0.4, 0.5) is 4.39 Å². The summed E-state index contributed by atoms with van der Waals surface area (Å²) in [5.41, 5.74) is 0.384. The summed E-state index contributed by atoms with van der Waals surface area (Å²) in [5, 5.41) is 11.6. The number of nitrogens with one attached hydrogen (secondary N) is 1. The van der Waals surface area contributed by atoms with Gasteiger partial charge in [-0.25, -0.2) is 4.39 Å². The summed E-state index contributed by atoms with van der Waals surface area (Å²) in [6.07, 6.45) is 1.72. The highest BCUT2D eigenvalue weighted by Gasteiger charge is 2.30. The Morgan fingerprint density at radius 1 is 1.22 bits per heavy atom. The molecule has 0 bridgehead atoms. The molecule has 0 aromatic heterocycles. The predicted molar refractivity (Wildman–Crippen MR) is 62.6 cm³/mol. The van der Waals surface area contributed by atoms with Gasteiger partial charge in [0, 0.05) is 11.6 Å². The van der Waals surface area contributed by atoms with E-state index in [1.54, 1.807) is 0 Å². The lowest BCUT2D eigenvalue weighted by Gasteiger charge is -2.12. The van der Waals surface area contributed by atoms with Crippen LogP contribution in [0.1, 0.15) is 29.6 Å². The Kier molecular flexibility index (Phi) is 3.60. The van der Waals surface area contributed by atoms with Crippen LogP contribution in [0.3, 0.4) is 0 Å². The third-order valence-corrected chi connectivity index (χ3v) is 3.22. The highest BCUT2D eigenvalue weighted by Crippen LogP contribution is 2.25. The van der Waals surface area contributed by atoms with Crippen molar-refractivity contribution in [3.8, 4) is 0 Å². The average Bonchev–Trinajstić information content (AvgIpc) is 2.78. The standard InChI is InChI=1S/C13H14FNO3/c14-10-4-1-8(2-5-10)12(16)15-11-6-3-9(7-11)13(17)18/h1-2,4-5,9,11H,3,6-7H2,(H,15,16)(H,17,18)/t9-,11+/m0/s1. The minimum atomic E-state index is -0.812. The van der Waals surface area contributed by atoms with E-state index in [-0.39, 0.29) is 17.9 Å². The molecule has 2 atom stereocenters. The summed E-state index contributed by atoms with van der Waals surface area (Å²) in [5.74, 6) is -1.86. The fourth-order valence-corrected chi connectivity index (χ4v) is 2.21. The number of carbonyl (C=O) groups is 2. The van der Waals surface area contributed by atoms with Crippen molar-refractivity contribution in [3.05, 3.63) is 35.6 Å². The van der Waals surface area contributed by atoms with Gasteiger partial charge in [-0.2, -0.15) is 0 Å². The minimum absolute atomic E-state index is 0.108. The van der Waals surface area contributed by atoms with E-state index in [0.29, 0.717) is 24.8 Å². The second kappa shape index (κ2) is 5.16. The van der Waals surface area contributed by atoms with Crippen LogP contribution in [0.2, 0.25) is 0 Å². The number of aliphatic carboxylic acids is 1. The van der Waals surface area contributed by atoms with E-state index < -0.39 is 11.8 Å². The fourth-order valence-electron chi connectivity index (χ4n) is 2.21. The van der Waals surface area contributed by atoms with Crippen molar-refractivity contribution in [1.82, 2.24) is 5.32 Å². The number of halogens is 1. The van der Waals surface area contributed by atoms with E-state index >= 15 is 0 Å². The number of rotatable bonds is 3. The van der Waals surface area contributed by atoms with Gasteiger partial charge >= 0.3 is 5.97 Å². The van der Waals surface area contributed by atoms with Crippen molar-refractivity contribution in [2.45, 2.75) is 25.3 Å². The highest BCUT2D eigenvalue weighted by atomic mass is 19.1. The monoisotopic (exact) mass is 251 g/mol. The van der Waals surface area contributed by atoms with Crippen molar-refractivity contribution in [2.75, 3.05) is 0 Å². The Morgan fingerprint density at radius 3 is 2.44 bits per heavy atom. The molecule has 0 unspecified atom stereocenters. The molecule has 4 nitrogen and oxygen atoms in total. The summed E-state index contributed by atoms with van der Waals surface area (Å²) in [6.45, 7) is 0. The Morgan fingerprint density at radius 2 is 1.89 bits per heavy atom. The summed E-state index contributed by atoms with van der Waals surface area (Å²) in [7, 11) is 0. The molecule has 1 aromatic carbocycles. The van der Waals surface area contributed by atoms with Gasteiger partial charge in [-0.15, -0.1) is 0 Å². The van der Waals surface area contributed by atoms with Crippen LogP contribution in [0.25, 0.3) is 0 Å². The number of carboxylic acid groups (broad SMARTS) is 1. The number of carboxylic acids is 1. The Hall–Kier alpha value is -1.91. The first-order valence-electron chi connectivity index (χ1n) is 5.85. The van der Waals surface area contributed by atoms with Gasteiger partial charge in [0.25, 0.3) is 5.91 Å². The van der Waals surface area contributed by atoms with Crippen LogP contribution >= 0.6 is 0 Å². The second-order valence-corrected chi connectivity index (χ2v) is 4.53. The molecule has 0 spiro atoms. The first kappa shape index (κ1) is 12.5. The molecule has 1 aliphatic carbocycles. The zero-order valence-electron chi connectivity index (χ0n) is 9.73. The predicted octanol–water partition coefficient (Wildman–Crippen LogP) is 1.81. The zero-order chi connectivity index (χ0) is 13.1. The van der Waals surface area contributed by atoms with Crippen molar-refractivity contribution < 1.29 is 19.1 Å². The summed E-state index contributed by atoms with van der Waals surface area (Å²) in [4.78, 5) is 22.6. The van der Waals surface area contributed by atoms with Gasteiger partial charge in [0.2, 0.25) is 0 Å². The molecule has 1 aromatic rings. The summed E-state index contributed by atoms with van der Waals surface area (Å²) in [6, 6.07) is 5.17. The lowest BCUT2D eigenvalue weighted by Crippen LogP contribution is -2.33. The molecule has 1 fully saturated rings. The lowest BCUT2D eigenvalue weighted by atomic mass is 10.1. The number of hydrogen-bond donors (Lipinski definition) is 2. The Bertz CT molecular complexity index is 458. The normalized spacial score (nSPS) is 22.7. The minimum Gasteiger partial charge on any atom is -0.481 e. The van der Waals surface area contributed by atoms with E-state index in [4.69, 9.17) is 5.11 Å². The van der Waals surface area contributed by atoms with Gasteiger partial charge in [-0.3, -0.25) is 9.59 Å². The van der Waals surface area contributed by atoms with Crippen LogP contribution in [-0.4, -0.2) is 23.0 Å². The number of hydrogen-bond acceptors (Lipinski definition) is 2. The van der Waals surface area contributed by atoms with E-state index in [2.05, 4.69) is 5.32 Å². The largest absolute Gasteiger partial charge is 0.481 e. The first-order chi connectivity index (χ1) is 8.56. The third kappa shape index (κ3) is 2.85. The topological polar surface area (TPSA) is 66.4 Å². The number of carbonyl (C=O) groups excluding carboxylic acids is 1. The molecular formula is C13H14FNO3. The average molecular weight is 251 g/mol. The summed E-state index contributed by atoms with van der Waals surface area (Å²) < 4.78 is 12.7. The number of amides is 1. The molecule has 2 N–H and O–H groups in total. The molecular weight excluding hydrogens is 237 g/mol. The van der Waals surface area contributed by atoms with Crippen molar-refractivity contribution in [3.63, 3.8) is 0 Å². The SMILES string of the molecule is O=C(N[C@@H]1CC[C@H](C(=O)O)C1)c1ccc(F)cc1. The van der Waals surface area contributed by atoms with Crippen LogP contribution in [0.15, 0.2) is 24.3 Å².